The number of hydrogen-bond acceptors (Lipinski definition) is 5. The van der Waals surface area contributed by atoms with Crippen LogP contribution in [0.3, 0.4) is 0 Å². The van der Waals surface area contributed by atoms with Gasteiger partial charge in [-0.05, 0) is 27.1 Å². The molecule has 1 heterocycles. The minimum atomic E-state index is 0.433. The van der Waals surface area contributed by atoms with E-state index in [0.29, 0.717) is 6.04 Å². The molecule has 1 rings (SSSR count). The Bertz CT molecular complexity index is 311. The second kappa shape index (κ2) is 7.40. The maximum atomic E-state index is 5.26. The molecule has 1 atom stereocenters. The molecule has 0 saturated heterocycles. The standard InChI is InChI=1S/C12H24N4O/c1-5-10(13-6-2)9-12-14-11(15-17-12)7-8-16(3)4/h10,13H,5-9H2,1-4H3. The van der Waals surface area contributed by atoms with E-state index in [1.54, 1.807) is 0 Å². The zero-order valence-corrected chi connectivity index (χ0v) is 11.4. The van der Waals surface area contributed by atoms with E-state index in [9.17, 15) is 0 Å². The Hall–Kier alpha value is -0.940. The lowest BCUT2D eigenvalue weighted by Gasteiger charge is -2.12. The summed E-state index contributed by atoms with van der Waals surface area (Å²) < 4.78 is 5.26. The molecule has 0 spiro atoms. The highest BCUT2D eigenvalue weighted by Crippen LogP contribution is 2.04. The summed E-state index contributed by atoms with van der Waals surface area (Å²) in [7, 11) is 4.08. The van der Waals surface area contributed by atoms with Crippen LogP contribution in [0.15, 0.2) is 4.52 Å². The van der Waals surface area contributed by atoms with Gasteiger partial charge in [-0.25, -0.2) is 0 Å². The summed E-state index contributed by atoms with van der Waals surface area (Å²) in [6, 6.07) is 0.433. The summed E-state index contributed by atoms with van der Waals surface area (Å²) >= 11 is 0. The Kier molecular flexibility index (Phi) is 6.15. The fraction of sp³-hybridized carbons (Fsp3) is 0.833. The van der Waals surface area contributed by atoms with Crippen molar-refractivity contribution in [3.63, 3.8) is 0 Å². The molecule has 0 fully saturated rings. The Labute approximate surface area is 104 Å². The van der Waals surface area contributed by atoms with Crippen LogP contribution in [0, 0.1) is 0 Å². The SMILES string of the molecule is CCNC(CC)Cc1nc(CCN(C)C)no1. The quantitative estimate of drug-likeness (QED) is 0.737. The topological polar surface area (TPSA) is 54.2 Å². The van der Waals surface area contributed by atoms with Gasteiger partial charge in [0.25, 0.3) is 0 Å². The molecular weight excluding hydrogens is 216 g/mol. The Morgan fingerprint density at radius 2 is 2.12 bits per heavy atom. The van der Waals surface area contributed by atoms with Crippen LogP contribution in [0.2, 0.25) is 0 Å². The highest BCUT2D eigenvalue weighted by molar-refractivity contribution is 4.90. The van der Waals surface area contributed by atoms with Crippen LogP contribution >= 0.6 is 0 Å². The van der Waals surface area contributed by atoms with Gasteiger partial charge in [0.2, 0.25) is 5.89 Å². The number of likely N-dealkylation sites (N-methyl/N-ethyl adjacent to an activating group) is 2. The summed E-state index contributed by atoms with van der Waals surface area (Å²) in [5.41, 5.74) is 0. The van der Waals surface area contributed by atoms with Gasteiger partial charge in [0, 0.05) is 25.4 Å². The van der Waals surface area contributed by atoms with Crippen LogP contribution in [0.25, 0.3) is 0 Å². The van der Waals surface area contributed by atoms with E-state index in [4.69, 9.17) is 4.52 Å². The second-order valence-electron chi connectivity index (χ2n) is 4.52. The van der Waals surface area contributed by atoms with Gasteiger partial charge in [-0.1, -0.05) is 19.0 Å². The smallest absolute Gasteiger partial charge is 0.228 e. The first kappa shape index (κ1) is 14.1. The normalized spacial score (nSPS) is 13.2. The van der Waals surface area contributed by atoms with Crippen molar-refractivity contribution in [1.82, 2.24) is 20.4 Å². The van der Waals surface area contributed by atoms with Crippen LogP contribution < -0.4 is 5.32 Å². The van der Waals surface area contributed by atoms with E-state index >= 15 is 0 Å². The van der Waals surface area contributed by atoms with Gasteiger partial charge in [-0.15, -0.1) is 0 Å². The average Bonchev–Trinajstić information content (AvgIpc) is 2.73. The zero-order valence-electron chi connectivity index (χ0n) is 11.4. The van der Waals surface area contributed by atoms with Crippen molar-refractivity contribution in [2.24, 2.45) is 0 Å². The van der Waals surface area contributed by atoms with Crippen molar-refractivity contribution >= 4 is 0 Å². The van der Waals surface area contributed by atoms with E-state index < -0.39 is 0 Å². The molecule has 0 aromatic carbocycles. The van der Waals surface area contributed by atoms with E-state index in [-0.39, 0.29) is 0 Å². The fourth-order valence-corrected chi connectivity index (χ4v) is 1.66. The highest BCUT2D eigenvalue weighted by atomic mass is 16.5. The molecule has 0 aliphatic carbocycles. The molecule has 0 aliphatic rings. The first-order chi connectivity index (χ1) is 8.15. The first-order valence-corrected chi connectivity index (χ1v) is 6.35. The largest absolute Gasteiger partial charge is 0.339 e. The van der Waals surface area contributed by atoms with E-state index in [0.717, 1.165) is 44.1 Å². The van der Waals surface area contributed by atoms with Crippen molar-refractivity contribution in [2.75, 3.05) is 27.2 Å². The number of aromatic nitrogens is 2. The number of hydrogen-bond donors (Lipinski definition) is 1. The van der Waals surface area contributed by atoms with Crippen LogP contribution in [-0.2, 0) is 12.8 Å². The van der Waals surface area contributed by atoms with Crippen molar-refractivity contribution in [3.8, 4) is 0 Å². The molecule has 1 aromatic rings. The summed E-state index contributed by atoms with van der Waals surface area (Å²) in [5, 5.41) is 7.40. The van der Waals surface area contributed by atoms with Gasteiger partial charge >= 0.3 is 0 Å². The molecule has 0 bridgehead atoms. The maximum absolute atomic E-state index is 5.26. The minimum absolute atomic E-state index is 0.433. The monoisotopic (exact) mass is 240 g/mol. The summed E-state index contributed by atoms with van der Waals surface area (Å²) in [6.45, 7) is 6.19. The van der Waals surface area contributed by atoms with Gasteiger partial charge in [-0.3, -0.25) is 0 Å². The van der Waals surface area contributed by atoms with Gasteiger partial charge in [0.05, 0.1) is 0 Å². The average molecular weight is 240 g/mol. The molecule has 1 N–H and O–H groups in total. The van der Waals surface area contributed by atoms with E-state index in [2.05, 4.69) is 34.2 Å². The molecule has 1 aromatic heterocycles. The second-order valence-corrected chi connectivity index (χ2v) is 4.52. The van der Waals surface area contributed by atoms with Crippen LogP contribution in [-0.4, -0.2) is 48.3 Å². The number of nitrogens with zero attached hydrogens (tertiary/aromatic N) is 3. The van der Waals surface area contributed by atoms with Crippen LogP contribution in [0.4, 0.5) is 0 Å². The van der Waals surface area contributed by atoms with E-state index in [1.165, 1.54) is 0 Å². The summed E-state index contributed by atoms with van der Waals surface area (Å²) in [4.78, 5) is 6.52. The van der Waals surface area contributed by atoms with Crippen molar-refractivity contribution in [2.45, 2.75) is 39.2 Å². The van der Waals surface area contributed by atoms with Gasteiger partial charge in [0.1, 0.15) is 0 Å². The lowest BCUT2D eigenvalue weighted by atomic mass is 10.1. The lowest BCUT2D eigenvalue weighted by molar-refractivity contribution is 0.348. The van der Waals surface area contributed by atoms with Crippen LogP contribution in [0.1, 0.15) is 32.0 Å². The van der Waals surface area contributed by atoms with E-state index in [1.807, 2.05) is 14.1 Å². The Morgan fingerprint density at radius 3 is 2.71 bits per heavy atom. The predicted octanol–water partition coefficient (Wildman–Crippen LogP) is 1.10. The zero-order chi connectivity index (χ0) is 12.7. The van der Waals surface area contributed by atoms with Crippen molar-refractivity contribution < 1.29 is 4.52 Å². The number of nitrogens with one attached hydrogen (secondary N) is 1. The Morgan fingerprint density at radius 1 is 1.35 bits per heavy atom. The third kappa shape index (κ3) is 5.28. The summed E-state index contributed by atoms with van der Waals surface area (Å²) in [6.07, 6.45) is 2.73. The molecule has 0 aliphatic heterocycles. The summed E-state index contributed by atoms with van der Waals surface area (Å²) in [5.74, 6) is 1.55. The molecule has 0 amide bonds. The predicted molar refractivity (Wildman–Crippen MR) is 68.0 cm³/mol. The number of rotatable bonds is 8. The Balaban J connectivity index is 2.44. The molecule has 1 unspecified atom stereocenters. The molecule has 17 heavy (non-hydrogen) atoms. The highest BCUT2D eigenvalue weighted by Gasteiger charge is 2.12. The molecule has 5 nitrogen and oxygen atoms in total. The van der Waals surface area contributed by atoms with Crippen molar-refractivity contribution in [3.05, 3.63) is 11.7 Å². The van der Waals surface area contributed by atoms with Gasteiger partial charge < -0.3 is 14.7 Å². The molecule has 0 radical (unpaired) electrons. The molecular formula is C12H24N4O. The van der Waals surface area contributed by atoms with Crippen molar-refractivity contribution in [1.29, 1.82) is 0 Å². The third-order valence-corrected chi connectivity index (χ3v) is 2.70. The van der Waals surface area contributed by atoms with Gasteiger partial charge in [0.15, 0.2) is 5.82 Å². The third-order valence-electron chi connectivity index (χ3n) is 2.70. The molecule has 98 valence electrons. The molecule has 0 saturated carbocycles. The first-order valence-electron chi connectivity index (χ1n) is 6.35. The fourth-order valence-electron chi connectivity index (χ4n) is 1.66. The lowest BCUT2D eigenvalue weighted by Crippen LogP contribution is -2.30. The van der Waals surface area contributed by atoms with Gasteiger partial charge in [-0.2, -0.15) is 4.98 Å². The van der Waals surface area contributed by atoms with Crippen LogP contribution in [0.5, 0.6) is 0 Å². The molecule has 5 heteroatoms. The minimum Gasteiger partial charge on any atom is -0.339 e. The maximum Gasteiger partial charge on any atom is 0.228 e.